The lowest BCUT2D eigenvalue weighted by atomic mass is 9.99. The number of nitrogens with one attached hydrogen (secondary N) is 1. The monoisotopic (exact) mass is 305 g/mol. The van der Waals surface area contributed by atoms with Crippen LogP contribution in [-0.2, 0) is 15.8 Å². The van der Waals surface area contributed by atoms with Crippen LogP contribution < -0.4 is 0 Å². The number of aromatic nitrogens is 2. The number of rotatable bonds is 4. The number of aromatic amines is 1. The summed E-state index contributed by atoms with van der Waals surface area (Å²) in [5, 5.41) is 0. The third-order valence-electron chi connectivity index (χ3n) is 3.88. The van der Waals surface area contributed by atoms with Crippen molar-refractivity contribution in [1.82, 2.24) is 14.3 Å². The Morgan fingerprint density at radius 2 is 2.10 bits per heavy atom. The summed E-state index contributed by atoms with van der Waals surface area (Å²) in [5.74, 6) is 1.12. The molecule has 0 bridgehead atoms. The van der Waals surface area contributed by atoms with Gasteiger partial charge in [0, 0.05) is 31.4 Å². The fraction of sp³-hybridized carbons (Fsp3) is 0.400. The van der Waals surface area contributed by atoms with Crippen LogP contribution in [0.5, 0.6) is 0 Å². The Morgan fingerprint density at radius 1 is 1.29 bits per heavy atom. The van der Waals surface area contributed by atoms with Crippen LogP contribution in [0.3, 0.4) is 0 Å². The Balaban J connectivity index is 1.73. The molecule has 1 fully saturated rings. The molecule has 1 atom stereocenters. The molecule has 0 saturated carbocycles. The van der Waals surface area contributed by atoms with E-state index in [9.17, 15) is 8.42 Å². The molecule has 3 rings (SSSR count). The number of piperidine rings is 1. The molecule has 5 nitrogen and oxygen atoms in total. The summed E-state index contributed by atoms with van der Waals surface area (Å²) < 4.78 is 26.7. The summed E-state index contributed by atoms with van der Waals surface area (Å²) in [7, 11) is -3.27. The third-order valence-corrected chi connectivity index (χ3v) is 5.69. The number of nitrogens with zero attached hydrogens (tertiary/aromatic N) is 2. The molecule has 0 amide bonds. The highest BCUT2D eigenvalue weighted by molar-refractivity contribution is 7.88. The first-order valence-corrected chi connectivity index (χ1v) is 8.77. The predicted molar refractivity (Wildman–Crippen MR) is 81.2 cm³/mol. The van der Waals surface area contributed by atoms with Crippen molar-refractivity contribution < 1.29 is 8.42 Å². The van der Waals surface area contributed by atoms with Gasteiger partial charge in [-0.05, 0) is 18.4 Å². The van der Waals surface area contributed by atoms with Crippen LogP contribution in [0.25, 0.3) is 0 Å². The van der Waals surface area contributed by atoms with Crippen molar-refractivity contribution in [3.63, 3.8) is 0 Å². The summed E-state index contributed by atoms with van der Waals surface area (Å²) in [6.45, 7) is 1.12. The molecule has 0 spiro atoms. The minimum atomic E-state index is -3.27. The predicted octanol–water partition coefficient (Wildman–Crippen LogP) is 2.12. The maximum Gasteiger partial charge on any atom is 0.218 e. The van der Waals surface area contributed by atoms with E-state index >= 15 is 0 Å². The van der Waals surface area contributed by atoms with E-state index in [1.165, 1.54) is 0 Å². The van der Waals surface area contributed by atoms with Gasteiger partial charge in [0.2, 0.25) is 10.0 Å². The fourth-order valence-electron chi connectivity index (χ4n) is 2.80. The Hall–Kier alpha value is -1.66. The zero-order valence-electron chi connectivity index (χ0n) is 11.8. The molecule has 0 unspecified atom stereocenters. The first-order chi connectivity index (χ1) is 10.1. The van der Waals surface area contributed by atoms with Gasteiger partial charge in [0.25, 0.3) is 0 Å². The van der Waals surface area contributed by atoms with E-state index in [-0.39, 0.29) is 11.7 Å². The number of hydrogen-bond donors (Lipinski definition) is 1. The van der Waals surface area contributed by atoms with Gasteiger partial charge in [0.15, 0.2) is 0 Å². The Labute approximate surface area is 125 Å². The molecule has 1 aliphatic rings. The summed E-state index contributed by atoms with van der Waals surface area (Å²) in [5.41, 5.74) is 0.831. The minimum Gasteiger partial charge on any atom is -0.348 e. The van der Waals surface area contributed by atoms with Gasteiger partial charge in [-0.2, -0.15) is 0 Å². The fourth-order valence-corrected chi connectivity index (χ4v) is 4.41. The molecule has 0 radical (unpaired) electrons. The number of sulfonamides is 1. The van der Waals surface area contributed by atoms with Gasteiger partial charge in [-0.3, -0.25) is 0 Å². The average Bonchev–Trinajstić information content (AvgIpc) is 3.02. The normalized spacial score (nSPS) is 20.5. The first kappa shape index (κ1) is 14.3. The van der Waals surface area contributed by atoms with Crippen molar-refractivity contribution in [2.24, 2.45) is 0 Å². The maximum atomic E-state index is 12.6. The van der Waals surface area contributed by atoms with Gasteiger partial charge in [-0.1, -0.05) is 30.3 Å². The lowest BCUT2D eigenvalue weighted by molar-refractivity contribution is 0.309. The minimum absolute atomic E-state index is 0.0682. The quantitative estimate of drug-likeness (QED) is 0.941. The van der Waals surface area contributed by atoms with Crippen molar-refractivity contribution in [2.45, 2.75) is 24.5 Å². The number of hydrogen-bond acceptors (Lipinski definition) is 3. The second kappa shape index (κ2) is 5.99. The third kappa shape index (κ3) is 3.33. The summed E-state index contributed by atoms with van der Waals surface area (Å²) in [6.07, 6.45) is 5.35. The van der Waals surface area contributed by atoms with E-state index in [1.807, 2.05) is 30.3 Å². The van der Waals surface area contributed by atoms with Gasteiger partial charge in [-0.25, -0.2) is 17.7 Å². The lowest BCUT2D eigenvalue weighted by Gasteiger charge is -2.31. The van der Waals surface area contributed by atoms with Gasteiger partial charge in [0.1, 0.15) is 5.82 Å². The molecule has 2 aromatic rings. The van der Waals surface area contributed by atoms with Crippen LogP contribution in [0.4, 0.5) is 0 Å². The van der Waals surface area contributed by atoms with E-state index < -0.39 is 10.0 Å². The number of benzene rings is 1. The summed E-state index contributed by atoms with van der Waals surface area (Å²) in [6, 6.07) is 9.33. The molecule has 1 aliphatic heterocycles. The smallest absolute Gasteiger partial charge is 0.218 e. The second-order valence-electron chi connectivity index (χ2n) is 5.41. The van der Waals surface area contributed by atoms with E-state index in [2.05, 4.69) is 9.97 Å². The molecule has 1 saturated heterocycles. The highest BCUT2D eigenvalue weighted by Gasteiger charge is 2.30. The van der Waals surface area contributed by atoms with Gasteiger partial charge >= 0.3 is 0 Å². The van der Waals surface area contributed by atoms with E-state index in [0.29, 0.717) is 13.1 Å². The molecular formula is C15H19N3O2S. The zero-order valence-corrected chi connectivity index (χ0v) is 12.6. The number of imidazole rings is 1. The van der Waals surface area contributed by atoms with E-state index in [4.69, 9.17) is 0 Å². The average molecular weight is 305 g/mol. The van der Waals surface area contributed by atoms with Crippen LogP contribution >= 0.6 is 0 Å². The van der Waals surface area contributed by atoms with Gasteiger partial charge < -0.3 is 4.98 Å². The van der Waals surface area contributed by atoms with Crippen LogP contribution in [0.15, 0.2) is 42.7 Å². The van der Waals surface area contributed by atoms with Crippen LogP contribution in [-0.4, -0.2) is 35.8 Å². The Bertz CT molecular complexity index is 668. The van der Waals surface area contributed by atoms with Crippen molar-refractivity contribution >= 4 is 10.0 Å². The maximum absolute atomic E-state index is 12.6. The van der Waals surface area contributed by atoms with E-state index in [0.717, 1.165) is 24.2 Å². The highest BCUT2D eigenvalue weighted by atomic mass is 32.2. The molecule has 1 aromatic carbocycles. The molecular weight excluding hydrogens is 286 g/mol. The van der Waals surface area contributed by atoms with Crippen LogP contribution in [0, 0.1) is 0 Å². The summed E-state index contributed by atoms with van der Waals surface area (Å²) >= 11 is 0. The van der Waals surface area contributed by atoms with Crippen LogP contribution in [0.2, 0.25) is 0 Å². The summed E-state index contributed by atoms with van der Waals surface area (Å²) in [4.78, 5) is 7.36. The number of H-pyrrole nitrogens is 1. The van der Waals surface area contributed by atoms with Crippen LogP contribution in [0.1, 0.15) is 30.1 Å². The second-order valence-corrected chi connectivity index (χ2v) is 7.38. The largest absolute Gasteiger partial charge is 0.348 e. The molecule has 112 valence electrons. The zero-order chi connectivity index (χ0) is 14.7. The Kier molecular flexibility index (Phi) is 4.07. The first-order valence-electron chi connectivity index (χ1n) is 7.16. The van der Waals surface area contributed by atoms with Crippen molar-refractivity contribution in [3.05, 3.63) is 54.1 Å². The van der Waals surface area contributed by atoms with Gasteiger partial charge in [-0.15, -0.1) is 0 Å². The SMILES string of the molecule is O=S(=O)(Cc1ccccc1)N1CCC[C@H](c2ncc[nH]2)C1. The molecule has 1 aromatic heterocycles. The molecule has 2 heterocycles. The topological polar surface area (TPSA) is 66.1 Å². The Morgan fingerprint density at radius 3 is 2.81 bits per heavy atom. The standard InChI is InChI=1S/C15H19N3O2S/c19-21(20,12-13-5-2-1-3-6-13)18-10-4-7-14(11-18)15-16-8-9-17-15/h1-3,5-6,8-9,14H,4,7,10-12H2,(H,16,17)/t14-/m0/s1. The molecule has 6 heteroatoms. The van der Waals surface area contributed by atoms with Crippen molar-refractivity contribution in [3.8, 4) is 0 Å². The highest BCUT2D eigenvalue weighted by Crippen LogP contribution is 2.27. The molecule has 1 N–H and O–H groups in total. The molecule has 21 heavy (non-hydrogen) atoms. The van der Waals surface area contributed by atoms with Gasteiger partial charge in [0.05, 0.1) is 5.75 Å². The lowest BCUT2D eigenvalue weighted by Crippen LogP contribution is -2.39. The molecule has 0 aliphatic carbocycles. The van der Waals surface area contributed by atoms with E-state index in [1.54, 1.807) is 16.7 Å². The van der Waals surface area contributed by atoms with Crippen molar-refractivity contribution in [1.29, 1.82) is 0 Å². The van der Waals surface area contributed by atoms with Crippen molar-refractivity contribution in [2.75, 3.05) is 13.1 Å².